The minimum atomic E-state index is 0.756. The molecule has 0 aromatic heterocycles. The molecule has 2 aliphatic rings. The normalized spacial score (nSPS) is 22.8. The Kier molecular flexibility index (Phi) is 7.69. The first kappa shape index (κ1) is 19.6. The lowest BCUT2D eigenvalue weighted by atomic mass is 9.97. The molecule has 1 aromatic rings. The zero-order valence-electron chi connectivity index (χ0n) is 16.4. The molecule has 2 aliphatic heterocycles. The first-order valence-electron chi connectivity index (χ1n) is 10.1. The molecule has 144 valence electrons. The van der Waals surface area contributed by atoms with Gasteiger partial charge in [0, 0.05) is 36.8 Å². The highest BCUT2D eigenvalue weighted by molar-refractivity contribution is 7.99. The topological polar surface area (TPSA) is 30.9 Å². The summed E-state index contributed by atoms with van der Waals surface area (Å²) in [5, 5.41) is 3.53. The van der Waals surface area contributed by atoms with E-state index < -0.39 is 0 Å². The molecular formula is C21H34N4S. The maximum Gasteiger partial charge on any atom is 0.193 e. The second-order valence-corrected chi connectivity index (χ2v) is 8.76. The molecule has 0 spiro atoms. The van der Waals surface area contributed by atoms with Gasteiger partial charge in [-0.15, -0.1) is 11.8 Å². The van der Waals surface area contributed by atoms with Crippen LogP contribution in [-0.2, 0) is 0 Å². The minimum absolute atomic E-state index is 0.756. The van der Waals surface area contributed by atoms with Crippen molar-refractivity contribution in [3.8, 4) is 0 Å². The molecule has 0 amide bonds. The van der Waals surface area contributed by atoms with E-state index in [1.807, 2.05) is 11.8 Å². The Labute approximate surface area is 163 Å². The first-order chi connectivity index (χ1) is 12.7. The number of guanidine groups is 1. The SMILES string of the molecule is CCNC(=NCC1CCN(C)CC1)N1CCC(CSc2ccccc2)C1. The van der Waals surface area contributed by atoms with Gasteiger partial charge in [0.25, 0.3) is 0 Å². The van der Waals surface area contributed by atoms with Crippen LogP contribution in [0.3, 0.4) is 0 Å². The van der Waals surface area contributed by atoms with Crippen molar-refractivity contribution in [2.24, 2.45) is 16.8 Å². The van der Waals surface area contributed by atoms with E-state index in [9.17, 15) is 0 Å². The van der Waals surface area contributed by atoms with Crippen LogP contribution in [-0.4, -0.2) is 67.8 Å². The third kappa shape index (κ3) is 5.92. The van der Waals surface area contributed by atoms with E-state index in [2.05, 4.69) is 59.4 Å². The van der Waals surface area contributed by atoms with Crippen molar-refractivity contribution in [1.82, 2.24) is 15.1 Å². The van der Waals surface area contributed by atoms with E-state index in [1.54, 1.807) is 0 Å². The molecular weight excluding hydrogens is 340 g/mol. The summed E-state index contributed by atoms with van der Waals surface area (Å²) >= 11 is 1.99. The molecule has 0 radical (unpaired) electrons. The van der Waals surface area contributed by atoms with Gasteiger partial charge in [0.2, 0.25) is 0 Å². The number of piperidine rings is 1. The molecule has 0 aliphatic carbocycles. The highest BCUT2D eigenvalue weighted by Gasteiger charge is 2.25. The summed E-state index contributed by atoms with van der Waals surface area (Å²) in [5.74, 6) is 3.85. The Morgan fingerprint density at radius 2 is 1.85 bits per heavy atom. The zero-order chi connectivity index (χ0) is 18.2. The fraction of sp³-hybridized carbons (Fsp3) is 0.667. The maximum atomic E-state index is 5.00. The fourth-order valence-corrected chi connectivity index (χ4v) is 4.83. The van der Waals surface area contributed by atoms with Crippen molar-refractivity contribution in [2.75, 3.05) is 52.1 Å². The molecule has 1 N–H and O–H groups in total. The quantitative estimate of drug-likeness (QED) is 0.470. The Morgan fingerprint density at radius 1 is 1.12 bits per heavy atom. The van der Waals surface area contributed by atoms with Crippen LogP contribution in [0.15, 0.2) is 40.2 Å². The van der Waals surface area contributed by atoms with Crippen LogP contribution >= 0.6 is 11.8 Å². The first-order valence-corrected chi connectivity index (χ1v) is 11.1. The second kappa shape index (κ2) is 10.2. The van der Waals surface area contributed by atoms with E-state index in [-0.39, 0.29) is 0 Å². The molecule has 2 heterocycles. The van der Waals surface area contributed by atoms with Gasteiger partial charge < -0.3 is 15.1 Å². The number of hydrogen-bond donors (Lipinski definition) is 1. The van der Waals surface area contributed by atoms with Gasteiger partial charge in [-0.2, -0.15) is 0 Å². The molecule has 2 fully saturated rings. The predicted octanol–water partition coefficient (Wildman–Crippen LogP) is 3.41. The second-order valence-electron chi connectivity index (χ2n) is 7.67. The van der Waals surface area contributed by atoms with Crippen LogP contribution in [0.1, 0.15) is 26.2 Å². The van der Waals surface area contributed by atoms with Gasteiger partial charge in [-0.05, 0) is 70.3 Å². The third-order valence-electron chi connectivity index (χ3n) is 5.49. The Balaban J connectivity index is 1.48. The summed E-state index contributed by atoms with van der Waals surface area (Å²) in [6.45, 7) is 8.82. The molecule has 0 saturated carbocycles. The highest BCUT2D eigenvalue weighted by atomic mass is 32.2. The van der Waals surface area contributed by atoms with Gasteiger partial charge in [-0.3, -0.25) is 4.99 Å². The number of thioether (sulfide) groups is 1. The molecule has 2 saturated heterocycles. The summed E-state index contributed by atoms with van der Waals surface area (Å²) in [7, 11) is 2.22. The van der Waals surface area contributed by atoms with E-state index in [4.69, 9.17) is 4.99 Å². The van der Waals surface area contributed by atoms with Gasteiger partial charge >= 0.3 is 0 Å². The average molecular weight is 375 g/mol. The van der Waals surface area contributed by atoms with Gasteiger partial charge in [-0.1, -0.05) is 18.2 Å². The molecule has 1 unspecified atom stereocenters. The van der Waals surface area contributed by atoms with Crippen molar-refractivity contribution >= 4 is 17.7 Å². The van der Waals surface area contributed by atoms with Crippen LogP contribution in [0.2, 0.25) is 0 Å². The summed E-state index contributed by atoms with van der Waals surface area (Å²) in [5.41, 5.74) is 0. The van der Waals surface area contributed by atoms with E-state index in [0.717, 1.165) is 44.0 Å². The Bertz CT molecular complexity index is 554. The van der Waals surface area contributed by atoms with Crippen molar-refractivity contribution in [3.05, 3.63) is 30.3 Å². The number of likely N-dealkylation sites (tertiary alicyclic amines) is 2. The average Bonchev–Trinajstić information content (AvgIpc) is 3.14. The molecule has 0 bridgehead atoms. The van der Waals surface area contributed by atoms with Crippen LogP contribution in [0.25, 0.3) is 0 Å². The summed E-state index contributed by atoms with van der Waals surface area (Å²) in [4.78, 5) is 11.3. The molecule has 1 aromatic carbocycles. The van der Waals surface area contributed by atoms with Crippen LogP contribution in [0, 0.1) is 11.8 Å². The lowest BCUT2D eigenvalue weighted by Gasteiger charge is -2.28. The lowest BCUT2D eigenvalue weighted by Crippen LogP contribution is -2.41. The number of nitrogens with zero attached hydrogens (tertiary/aromatic N) is 3. The number of aliphatic imine (C=N–C) groups is 1. The Morgan fingerprint density at radius 3 is 2.58 bits per heavy atom. The standard InChI is InChI=1S/C21H34N4S/c1-3-22-21(23-15-18-9-12-24(2)13-10-18)25-14-11-19(16-25)17-26-20-7-5-4-6-8-20/h4-8,18-19H,3,9-17H2,1-2H3,(H,22,23). The van der Waals surface area contributed by atoms with Crippen LogP contribution in [0.4, 0.5) is 0 Å². The fourth-order valence-electron chi connectivity index (χ4n) is 3.78. The summed E-state index contributed by atoms with van der Waals surface area (Å²) < 4.78 is 0. The number of rotatable bonds is 6. The molecule has 5 heteroatoms. The predicted molar refractivity (Wildman–Crippen MR) is 113 cm³/mol. The van der Waals surface area contributed by atoms with Gasteiger partial charge in [0.15, 0.2) is 5.96 Å². The van der Waals surface area contributed by atoms with Crippen molar-refractivity contribution in [3.63, 3.8) is 0 Å². The van der Waals surface area contributed by atoms with Gasteiger partial charge in [-0.25, -0.2) is 0 Å². The van der Waals surface area contributed by atoms with E-state index >= 15 is 0 Å². The summed E-state index contributed by atoms with van der Waals surface area (Å²) in [6, 6.07) is 10.8. The molecule has 3 rings (SSSR count). The van der Waals surface area contributed by atoms with E-state index in [1.165, 1.54) is 43.0 Å². The summed E-state index contributed by atoms with van der Waals surface area (Å²) in [6.07, 6.45) is 3.85. The molecule has 4 nitrogen and oxygen atoms in total. The van der Waals surface area contributed by atoms with E-state index in [0.29, 0.717) is 0 Å². The monoisotopic (exact) mass is 374 g/mol. The maximum absolute atomic E-state index is 5.00. The van der Waals surface area contributed by atoms with Crippen molar-refractivity contribution in [1.29, 1.82) is 0 Å². The molecule has 1 atom stereocenters. The van der Waals surface area contributed by atoms with Crippen LogP contribution < -0.4 is 5.32 Å². The van der Waals surface area contributed by atoms with Gasteiger partial charge in [0.05, 0.1) is 0 Å². The molecule has 26 heavy (non-hydrogen) atoms. The number of nitrogens with one attached hydrogen (secondary N) is 1. The minimum Gasteiger partial charge on any atom is -0.357 e. The third-order valence-corrected chi connectivity index (χ3v) is 6.73. The van der Waals surface area contributed by atoms with Crippen molar-refractivity contribution < 1.29 is 0 Å². The van der Waals surface area contributed by atoms with Gasteiger partial charge in [0.1, 0.15) is 0 Å². The smallest absolute Gasteiger partial charge is 0.193 e. The number of hydrogen-bond acceptors (Lipinski definition) is 3. The highest BCUT2D eigenvalue weighted by Crippen LogP contribution is 2.26. The Hall–Kier alpha value is -1.20. The zero-order valence-corrected chi connectivity index (χ0v) is 17.2. The van der Waals surface area contributed by atoms with Crippen LogP contribution in [0.5, 0.6) is 0 Å². The lowest BCUT2D eigenvalue weighted by molar-refractivity contribution is 0.223. The number of benzene rings is 1. The van der Waals surface area contributed by atoms with Crippen molar-refractivity contribution in [2.45, 2.75) is 31.1 Å². The largest absolute Gasteiger partial charge is 0.357 e.